The highest BCUT2D eigenvalue weighted by atomic mass is 79.9. The third kappa shape index (κ3) is 6.38. The highest BCUT2D eigenvalue weighted by molar-refractivity contribution is 9.09. The predicted molar refractivity (Wildman–Crippen MR) is 138 cm³/mol. The van der Waals surface area contributed by atoms with Gasteiger partial charge in [0.05, 0.1) is 36.6 Å². The van der Waals surface area contributed by atoms with Crippen molar-refractivity contribution < 1.29 is 23.8 Å². The lowest BCUT2D eigenvalue weighted by atomic mass is 10.2. The Morgan fingerprint density at radius 3 is 2.65 bits per heavy atom. The van der Waals surface area contributed by atoms with Gasteiger partial charge in [-0.15, -0.1) is 0 Å². The second-order valence-electron chi connectivity index (χ2n) is 7.28. The summed E-state index contributed by atoms with van der Waals surface area (Å²) in [5, 5.41) is 4.40. The Bertz CT molecular complexity index is 1140. The van der Waals surface area contributed by atoms with Crippen molar-refractivity contribution in [2.24, 2.45) is 0 Å². The number of thiazole rings is 1. The molecule has 0 saturated carbocycles. The zero-order chi connectivity index (χ0) is 24.5. The van der Waals surface area contributed by atoms with Crippen molar-refractivity contribution in [3.8, 4) is 11.5 Å². The highest BCUT2D eigenvalue weighted by Gasteiger charge is 2.20. The summed E-state index contributed by atoms with van der Waals surface area (Å²) in [6.07, 6.45) is 1.74. The zero-order valence-corrected chi connectivity index (χ0v) is 21.8. The molecular formula is C24H28BrN3O5S. The maximum Gasteiger partial charge on any atom is 0.338 e. The Kier molecular flexibility index (Phi) is 9.52. The lowest BCUT2D eigenvalue weighted by Crippen LogP contribution is -2.40. The van der Waals surface area contributed by atoms with Gasteiger partial charge in [0.25, 0.3) is 0 Å². The summed E-state index contributed by atoms with van der Waals surface area (Å²) in [4.78, 5) is 31.6. The first-order valence-electron chi connectivity index (χ1n) is 10.9. The topological polar surface area (TPSA) is 90.0 Å². The van der Waals surface area contributed by atoms with Crippen molar-refractivity contribution >= 4 is 54.6 Å². The van der Waals surface area contributed by atoms with E-state index in [1.165, 1.54) is 11.3 Å². The predicted octanol–water partition coefficient (Wildman–Crippen LogP) is 5.38. The third-order valence-electron chi connectivity index (χ3n) is 5.05. The number of halogens is 1. The van der Waals surface area contributed by atoms with Gasteiger partial charge in [0.1, 0.15) is 11.5 Å². The number of fused-ring (bicyclic) bond motifs is 1. The summed E-state index contributed by atoms with van der Waals surface area (Å²) >= 11 is 4.81. The first-order chi connectivity index (χ1) is 16.5. The van der Waals surface area contributed by atoms with Crippen molar-refractivity contribution in [2.45, 2.75) is 26.3 Å². The standard InChI is InChI=1S/C24H28BrN3O5S/c1-4-33-22(29)16-8-10-19-21(13-16)34-24(27-19)28(12-6-5-11-25)23(30)26-15-17-7-9-18(31-2)14-20(17)32-3/h7-10,13-14H,4-6,11-12,15H2,1-3H3,(H,26,30). The minimum absolute atomic E-state index is 0.253. The van der Waals surface area contributed by atoms with Gasteiger partial charge >= 0.3 is 12.0 Å². The summed E-state index contributed by atoms with van der Waals surface area (Å²) in [5.74, 6) is 0.941. The molecule has 0 atom stereocenters. The number of hydrogen-bond donors (Lipinski definition) is 1. The molecule has 0 aliphatic carbocycles. The fraction of sp³-hybridized carbons (Fsp3) is 0.375. The second-order valence-corrected chi connectivity index (χ2v) is 9.09. The number of ether oxygens (including phenoxy) is 3. The molecule has 2 aromatic carbocycles. The second kappa shape index (κ2) is 12.6. The monoisotopic (exact) mass is 549 g/mol. The number of nitrogens with zero attached hydrogens (tertiary/aromatic N) is 2. The van der Waals surface area contributed by atoms with Crippen LogP contribution >= 0.6 is 27.3 Å². The van der Waals surface area contributed by atoms with Crippen LogP contribution in [-0.4, -0.2) is 49.7 Å². The van der Waals surface area contributed by atoms with Gasteiger partial charge in [0.2, 0.25) is 0 Å². The van der Waals surface area contributed by atoms with Gasteiger partial charge in [0.15, 0.2) is 5.13 Å². The van der Waals surface area contributed by atoms with Gasteiger partial charge in [-0.1, -0.05) is 27.3 Å². The number of urea groups is 1. The van der Waals surface area contributed by atoms with E-state index in [2.05, 4.69) is 26.2 Å². The fourth-order valence-electron chi connectivity index (χ4n) is 3.28. The van der Waals surface area contributed by atoms with Crippen LogP contribution in [0.2, 0.25) is 0 Å². The number of nitrogens with one attached hydrogen (secondary N) is 1. The number of benzene rings is 2. The summed E-state index contributed by atoms with van der Waals surface area (Å²) in [5.41, 5.74) is 2.02. The molecule has 1 N–H and O–H groups in total. The van der Waals surface area contributed by atoms with E-state index in [1.807, 2.05) is 12.1 Å². The average Bonchev–Trinajstić information content (AvgIpc) is 3.28. The molecule has 0 aliphatic heterocycles. The number of alkyl halides is 1. The lowest BCUT2D eigenvalue weighted by Gasteiger charge is -2.21. The first-order valence-corrected chi connectivity index (χ1v) is 12.8. The Labute approximate surface area is 211 Å². The molecule has 182 valence electrons. The fourth-order valence-corrected chi connectivity index (χ4v) is 4.71. The molecule has 0 bridgehead atoms. The quantitative estimate of drug-likeness (QED) is 0.196. The molecule has 1 aromatic heterocycles. The van der Waals surface area contributed by atoms with Gasteiger partial charge in [0, 0.05) is 30.0 Å². The summed E-state index contributed by atoms with van der Waals surface area (Å²) < 4.78 is 16.6. The lowest BCUT2D eigenvalue weighted by molar-refractivity contribution is 0.0526. The molecule has 0 fully saturated rings. The number of unbranched alkanes of at least 4 members (excludes halogenated alkanes) is 1. The molecular weight excluding hydrogens is 522 g/mol. The molecule has 0 aliphatic rings. The number of rotatable bonds is 11. The van der Waals surface area contributed by atoms with E-state index in [9.17, 15) is 9.59 Å². The van der Waals surface area contributed by atoms with Crippen molar-refractivity contribution in [3.63, 3.8) is 0 Å². The maximum atomic E-state index is 13.2. The van der Waals surface area contributed by atoms with Gasteiger partial charge in [-0.05, 0) is 50.1 Å². The minimum Gasteiger partial charge on any atom is -0.497 e. The highest BCUT2D eigenvalue weighted by Crippen LogP contribution is 2.30. The molecule has 8 nitrogen and oxygen atoms in total. The van der Waals surface area contributed by atoms with Crippen LogP contribution in [0.3, 0.4) is 0 Å². The van der Waals surface area contributed by atoms with Crippen LogP contribution in [0.25, 0.3) is 10.2 Å². The van der Waals surface area contributed by atoms with Crippen LogP contribution in [0.5, 0.6) is 11.5 Å². The van der Waals surface area contributed by atoms with Crippen molar-refractivity contribution in [2.75, 3.05) is 37.6 Å². The number of esters is 1. The van der Waals surface area contributed by atoms with Gasteiger partial charge in [-0.2, -0.15) is 0 Å². The Morgan fingerprint density at radius 2 is 1.94 bits per heavy atom. The van der Waals surface area contributed by atoms with E-state index < -0.39 is 0 Å². The Balaban J connectivity index is 1.81. The molecule has 3 rings (SSSR count). The van der Waals surface area contributed by atoms with Gasteiger partial charge in [-0.25, -0.2) is 14.6 Å². The average molecular weight is 550 g/mol. The zero-order valence-electron chi connectivity index (χ0n) is 19.4. The van der Waals surface area contributed by atoms with E-state index in [4.69, 9.17) is 14.2 Å². The van der Waals surface area contributed by atoms with E-state index in [0.29, 0.717) is 41.9 Å². The number of carbonyl (C=O) groups excluding carboxylic acids is 2. The van der Waals surface area contributed by atoms with E-state index in [-0.39, 0.29) is 12.0 Å². The molecule has 3 aromatic rings. The van der Waals surface area contributed by atoms with Crippen LogP contribution in [0.4, 0.5) is 9.93 Å². The summed E-state index contributed by atoms with van der Waals surface area (Å²) in [6.45, 7) is 2.89. The molecule has 0 unspecified atom stereocenters. The van der Waals surface area contributed by atoms with Crippen LogP contribution in [0.15, 0.2) is 36.4 Å². The summed E-state index contributed by atoms with van der Waals surface area (Å²) in [7, 11) is 3.17. The van der Waals surface area contributed by atoms with Gasteiger partial charge in [-0.3, -0.25) is 4.90 Å². The Hall–Kier alpha value is -2.85. The molecule has 0 radical (unpaired) electrons. The van der Waals surface area contributed by atoms with Gasteiger partial charge < -0.3 is 19.5 Å². The van der Waals surface area contributed by atoms with Crippen LogP contribution < -0.4 is 19.7 Å². The van der Waals surface area contributed by atoms with Crippen molar-refractivity contribution in [3.05, 3.63) is 47.5 Å². The largest absolute Gasteiger partial charge is 0.497 e. The number of methoxy groups -OCH3 is 2. The van der Waals surface area contributed by atoms with Crippen LogP contribution in [0, 0.1) is 0 Å². The van der Waals surface area contributed by atoms with Crippen molar-refractivity contribution in [1.82, 2.24) is 10.3 Å². The molecule has 34 heavy (non-hydrogen) atoms. The summed E-state index contributed by atoms with van der Waals surface area (Å²) in [6, 6.07) is 10.4. The molecule has 0 saturated heterocycles. The number of carbonyl (C=O) groups is 2. The van der Waals surface area contributed by atoms with E-state index >= 15 is 0 Å². The normalized spacial score (nSPS) is 10.7. The molecule has 10 heteroatoms. The smallest absolute Gasteiger partial charge is 0.338 e. The number of hydrogen-bond acceptors (Lipinski definition) is 7. The maximum absolute atomic E-state index is 13.2. The SMILES string of the molecule is CCOC(=O)c1ccc2nc(N(CCCCBr)C(=O)NCc3ccc(OC)cc3OC)sc2c1. The van der Waals surface area contributed by atoms with Crippen LogP contribution in [-0.2, 0) is 11.3 Å². The molecule has 1 heterocycles. The first kappa shape index (κ1) is 25.8. The molecule has 2 amide bonds. The third-order valence-corrected chi connectivity index (χ3v) is 6.66. The van der Waals surface area contributed by atoms with E-state index in [0.717, 1.165) is 34.0 Å². The number of aromatic nitrogens is 1. The number of anilines is 1. The van der Waals surface area contributed by atoms with Crippen LogP contribution in [0.1, 0.15) is 35.7 Å². The molecule has 0 spiro atoms. The number of amides is 2. The van der Waals surface area contributed by atoms with Crippen molar-refractivity contribution in [1.29, 1.82) is 0 Å². The van der Waals surface area contributed by atoms with E-state index in [1.54, 1.807) is 50.3 Å². The Morgan fingerprint density at radius 1 is 1.12 bits per heavy atom. The minimum atomic E-state index is -0.375.